The molecule has 0 atom stereocenters. The van der Waals surface area contributed by atoms with Gasteiger partial charge in [0.05, 0.1) is 12.7 Å². The zero-order chi connectivity index (χ0) is 13.7. The molecule has 0 aliphatic heterocycles. The molecule has 4 nitrogen and oxygen atoms in total. The average Bonchev–Trinajstić information content (AvgIpc) is 3.20. The number of nitrogens with zero attached hydrogens (tertiary/aromatic N) is 2. The Hall–Kier alpha value is -1.13. The fraction of sp³-hybridized carbons (Fsp3) is 0.667. The van der Waals surface area contributed by atoms with Gasteiger partial charge in [-0.15, -0.1) is 0 Å². The maximum atomic E-state index is 5.55. The molecule has 0 radical (unpaired) electrons. The van der Waals surface area contributed by atoms with Gasteiger partial charge in [-0.3, -0.25) is 0 Å². The molecular formula is C15H25N3O. The van der Waals surface area contributed by atoms with E-state index in [1.807, 2.05) is 13.2 Å². The molecule has 0 bridgehead atoms. The monoisotopic (exact) mass is 263 g/mol. The summed E-state index contributed by atoms with van der Waals surface area (Å²) in [6, 6.07) is 4.98. The molecule has 106 valence electrons. The third-order valence-corrected chi connectivity index (χ3v) is 3.25. The summed E-state index contributed by atoms with van der Waals surface area (Å²) in [6.45, 7) is 6.64. The van der Waals surface area contributed by atoms with Gasteiger partial charge in [-0.05, 0) is 38.3 Å². The Morgan fingerprint density at radius 3 is 2.79 bits per heavy atom. The van der Waals surface area contributed by atoms with Crippen LogP contribution in [0, 0.1) is 0 Å². The van der Waals surface area contributed by atoms with Gasteiger partial charge in [0.15, 0.2) is 0 Å². The van der Waals surface area contributed by atoms with E-state index < -0.39 is 0 Å². The summed E-state index contributed by atoms with van der Waals surface area (Å²) in [5.41, 5.74) is 1.25. The smallest absolute Gasteiger partial charge is 0.128 e. The van der Waals surface area contributed by atoms with Crippen LogP contribution in [0.1, 0.15) is 32.3 Å². The minimum absolute atomic E-state index is 0.289. The van der Waals surface area contributed by atoms with Crippen LogP contribution in [0.4, 0.5) is 5.82 Å². The molecule has 1 aromatic rings. The molecule has 0 saturated heterocycles. The number of pyridine rings is 1. The van der Waals surface area contributed by atoms with Gasteiger partial charge in [0.2, 0.25) is 0 Å². The van der Waals surface area contributed by atoms with Gasteiger partial charge >= 0.3 is 0 Å². The van der Waals surface area contributed by atoms with Crippen LogP contribution in [-0.4, -0.2) is 37.3 Å². The molecule has 1 aliphatic rings. The summed E-state index contributed by atoms with van der Waals surface area (Å²) in [4.78, 5) is 6.63. The Balaban J connectivity index is 1.75. The predicted octanol–water partition coefficient (Wildman–Crippen LogP) is 2.19. The Labute approximate surface area is 116 Å². The highest BCUT2D eigenvalue weighted by molar-refractivity contribution is 5.38. The van der Waals surface area contributed by atoms with Gasteiger partial charge in [0.25, 0.3) is 0 Å². The molecule has 1 N–H and O–H groups in total. The summed E-state index contributed by atoms with van der Waals surface area (Å²) >= 11 is 0. The van der Waals surface area contributed by atoms with E-state index in [1.54, 1.807) is 0 Å². The molecule has 1 heterocycles. The van der Waals surface area contributed by atoms with E-state index in [1.165, 1.54) is 18.4 Å². The molecular weight excluding hydrogens is 238 g/mol. The van der Waals surface area contributed by atoms with E-state index in [9.17, 15) is 0 Å². The quantitative estimate of drug-likeness (QED) is 0.780. The zero-order valence-corrected chi connectivity index (χ0v) is 12.2. The SMILES string of the molecule is CC(C)OCCN(C)c1ccc(CNC2CC2)cn1. The molecule has 1 saturated carbocycles. The number of nitrogens with one attached hydrogen (secondary N) is 1. The van der Waals surface area contributed by atoms with Crippen molar-refractivity contribution in [1.82, 2.24) is 10.3 Å². The lowest BCUT2D eigenvalue weighted by atomic mass is 10.2. The van der Waals surface area contributed by atoms with Crippen molar-refractivity contribution in [1.29, 1.82) is 0 Å². The van der Waals surface area contributed by atoms with E-state index >= 15 is 0 Å². The lowest BCUT2D eigenvalue weighted by Gasteiger charge is -2.19. The number of rotatable bonds is 8. The van der Waals surface area contributed by atoms with E-state index in [4.69, 9.17) is 4.74 Å². The second-order valence-corrected chi connectivity index (χ2v) is 5.52. The molecule has 1 aromatic heterocycles. The van der Waals surface area contributed by atoms with Gasteiger partial charge in [0, 0.05) is 32.4 Å². The number of anilines is 1. The van der Waals surface area contributed by atoms with Crippen molar-refractivity contribution >= 4 is 5.82 Å². The van der Waals surface area contributed by atoms with E-state index in [2.05, 4.69) is 41.2 Å². The molecule has 1 aliphatic carbocycles. The van der Waals surface area contributed by atoms with Crippen molar-refractivity contribution in [3.8, 4) is 0 Å². The minimum Gasteiger partial charge on any atom is -0.377 e. The molecule has 0 unspecified atom stereocenters. The predicted molar refractivity (Wildman–Crippen MR) is 78.5 cm³/mol. The Bertz CT molecular complexity index is 373. The standard InChI is InChI=1S/C15H25N3O/c1-12(2)19-9-8-18(3)15-7-4-13(11-17-15)10-16-14-5-6-14/h4,7,11-12,14,16H,5-6,8-10H2,1-3H3. The third-order valence-electron chi connectivity index (χ3n) is 3.25. The maximum Gasteiger partial charge on any atom is 0.128 e. The van der Waals surface area contributed by atoms with E-state index in [0.717, 1.165) is 31.6 Å². The molecule has 0 aromatic carbocycles. The van der Waals surface area contributed by atoms with Crippen LogP contribution in [0.15, 0.2) is 18.3 Å². The molecule has 0 amide bonds. The molecule has 2 rings (SSSR count). The van der Waals surface area contributed by atoms with Gasteiger partial charge < -0.3 is 15.0 Å². The molecule has 19 heavy (non-hydrogen) atoms. The largest absolute Gasteiger partial charge is 0.377 e. The Kier molecular flexibility index (Phi) is 5.16. The second-order valence-electron chi connectivity index (χ2n) is 5.52. The van der Waals surface area contributed by atoms with Crippen LogP contribution in [0.2, 0.25) is 0 Å². The number of hydrogen-bond acceptors (Lipinski definition) is 4. The van der Waals surface area contributed by atoms with Crippen molar-refractivity contribution in [3.05, 3.63) is 23.9 Å². The first-order valence-electron chi connectivity index (χ1n) is 7.16. The number of aromatic nitrogens is 1. The fourth-order valence-electron chi connectivity index (χ4n) is 1.84. The average molecular weight is 263 g/mol. The summed E-state index contributed by atoms with van der Waals surface area (Å²) in [5, 5.41) is 3.49. The highest BCUT2D eigenvalue weighted by Crippen LogP contribution is 2.19. The van der Waals surface area contributed by atoms with Crippen molar-refractivity contribution in [2.45, 2.75) is 45.4 Å². The molecule has 1 fully saturated rings. The second kappa shape index (κ2) is 6.87. The minimum atomic E-state index is 0.289. The van der Waals surface area contributed by atoms with Crippen LogP contribution in [0.3, 0.4) is 0 Å². The highest BCUT2D eigenvalue weighted by Gasteiger charge is 2.19. The fourth-order valence-corrected chi connectivity index (χ4v) is 1.84. The summed E-state index contributed by atoms with van der Waals surface area (Å²) < 4.78 is 5.55. The first-order valence-corrected chi connectivity index (χ1v) is 7.16. The van der Waals surface area contributed by atoms with E-state index in [0.29, 0.717) is 0 Å². The summed E-state index contributed by atoms with van der Waals surface area (Å²) in [7, 11) is 2.05. The molecule has 4 heteroatoms. The van der Waals surface area contributed by atoms with Crippen LogP contribution < -0.4 is 10.2 Å². The van der Waals surface area contributed by atoms with Crippen LogP contribution in [0.5, 0.6) is 0 Å². The van der Waals surface area contributed by atoms with Crippen LogP contribution in [-0.2, 0) is 11.3 Å². The lowest BCUT2D eigenvalue weighted by molar-refractivity contribution is 0.0845. The Morgan fingerprint density at radius 2 is 2.21 bits per heavy atom. The third kappa shape index (κ3) is 5.17. The number of hydrogen-bond donors (Lipinski definition) is 1. The first kappa shape index (κ1) is 14.3. The van der Waals surface area contributed by atoms with Gasteiger partial charge in [-0.25, -0.2) is 4.98 Å². The number of likely N-dealkylation sites (N-methyl/N-ethyl adjacent to an activating group) is 1. The van der Waals surface area contributed by atoms with Crippen LogP contribution in [0.25, 0.3) is 0 Å². The summed E-state index contributed by atoms with van der Waals surface area (Å²) in [6.07, 6.45) is 4.90. The normalized spacial score (nSPS) is 14.9. The van der Waals surface area contributed by atoms with Gasteiger partial charge in [0.1, 0.15) is 5.82 Å². The zero-order valence-electron chi connectivity index (χ0n) is 12.2. The van der Waals surface area contributed by atoms with Crippen molar-refractivity contribution in [3.63, 3.8) is 0 Å². The van der Waals surface area contributed by atoms with E-state index in [-0.39, 0.29) is 6.10 Å². The molecule has 0 spiro atoms. The van der Waals surface area contributed by atoms with Gasteiger partial charge in [-0.2, -0.15) is 0 Å². The first-order chi connectivity index (χ1) is 9.15. The highest BCUT2D eigenvalue weighted by atomic mass is 16.5. The Morgan fingerprint density at radius 1 is 1.42 bits per heavy atom. The van der Waals surface area contributed by atoms with Crippen molar-refractivity contribution in [2.24, 2.45) is 0 Å². The van der Waals surface area contributed by atoms with Gasteiger partial charge in [-0.1, -0.05) is 6.07 Å². The maximum absolute atomic E-state index is 5.55. The van der Waals surface area contributed by atoms with Crippen LogP contribution >= 0.6 is 0 Å². The lowest BCUT2D eigenvalue weighted by Crippen LogP contribution is -2.24. The van der Waals surface area contributed by atoms with Crippen molar-refractivity contribution < 1.29 is 4.74 Å². The van der Waals surface area contributed by atoms with Crippen molar-refractivity contribution in [2.75, 3.05) is 25.1 Å². The number of ether oxygens (including phenoxy) is 1. The summed E-state index contributed by atoms with van der Waals surface area (Å²) in [5.74, 6) is 1.00. The topological polar surface area (TPSA) is 37.4 Å².